The summed E-state index contributed by atoms with van der Waals surface area (Å²) in [5.41, 5.74) is 2.37. The molecule has 0 amide bonds. The maximum absolute atomic E-state index is 15.4. The lowest BCUT2D eigenvalue weighted by atomic mass is 9.91. The summed E-state index contributed by atoms with van der Waals surface area (Å²) in [5.74, 6) is -1.78. The minimum Gasteiger partial charge on any atom is -0.381 e. The van der Waals surface area contributed by atoms with Crippen molar-refractivity contribution >= 4 is 46.1 Å². The lowest BCUT2D eigenvalue weighted by Crippen LogP contribution is -2.25. The zero-order valence-electron chi connectivity index (χ0n) is 20.0. The quantitative estimate of drug-likeness (QED) is 0.524. The average Bonchev–Trinajstić information content (AvgIpc) is 2.71. The first-order valence-corrected chi connectivity index (χ1v) is 10.9. The van der Waals surface area contributed by atoms with Crippen LogP contribution < -0.4 is 21.1 Å². The fourth-order valence-corrected chi connectivity index (χ4v) is 4.27. The number of fused-ring (bicyclic) bond motifs is 2. The number of likely N-dealkylation sites (N-methyl/N-ethyl adjacent to an activating group) is 2. The second-order valence-electron chi connectivity index (χ2n) is 8.99. The number of nitrogens with zero attached hydrogens (tertiary/aromatic N) is 2. The van der Waals surface area contributed by atoms with E-state index in [1.54, 1.807) is 0 Å². The van der Waals surface area contributed by atoms with Crippen molar-refractivity contribution in [3.63, 3.8) is 0 Å². The topological polar surface area (TPSA) is 30.5 Å². The molecule has 0 radical (unpaired) electrons. The summed E-state index contributed by atoms with van der Waals surface area (Å²) in [6.07, 6.45) is 0. The van der Waals surface area contributed by atoms with E-state index in [2.05, 4.69) is 23.8 Å². The molecule has 2 N–H and O–H groups in total. The van der Waals surface area contributed by atoms with E-state index in [1.165, 1.54) is 0 Å². The number of hydrogen-bond donors (Lipinski definition) is 2. The lowest BCUT2D eigenvalue weighted by molar-refractivity contribution is 0.424. The van der Waals surface area contributed by atoms with Crippen molar-refractivity contribution in [1.29, 1.82) is 0 Å². The average molecular weight is 441 g/mol. The lowest BCUT2D eigenvalue weighted by Gasteiger charge is -2.21. The number of aryl methyl sites for hydroxylation is 2. The van der Waals surface area contributed by atoms with Gasteiger partial charge < -0.3 is 20.4 Å². The first-order chi connectivity index (χ1) is 15.1. The van der Waals surface area contributed by atoms with Gasteiger partial charge in [0.05, 0.1) is 11.4 Å². The van der Waals surface area contributed by atoms with Gasteiger partial charge in [0.2, 0.25) is 0 Å². The predicted octanol–water partition coefficient (Wildman–Crippen LogP) is 3.66. The fraction of sp³-hybridized carbons (Fsp3) is 0.385. The predicted molar refractivity (Wildman–Crippen MR) is 135 cm³/mol. The Morgan fingerprint density at radius 2 is 1.03 bits per heavy atom. The number of halogens is 2. The molecule has 0 aliphatic rings. The van der Waals surface area contributed by atoms with Crippen LogP contribution in [0, 0.1) is 25.5 Å². The van der Waals surface area contributed by atoms with E-state index in [0.29, 0.717) is 47.4 Å². The van der Waals surface area contributed by atoms with Gasteiger partial charge in [-0.3, -0.25) is 0 Å². The van der Waals surface area contributed by atoms with Gasteiger partial charge in [-0.25, -0.2) is 8.78 Å². The smallest absolute Gasteiger partial charge is 0.184 e. The normalized spacial score (nSPS) is 11.8. The summed E-state index contributed by atoms with van der Waals surface area (Å²) in [6.45, 7) is 15.0. The molecule has 0 saturated carbocycles. The maximum Gasteiger partial charge on any atom is 0.184 e. The van der Waals surface area contributed by atoms with Crippen LogP contribution in [-0.2, 0) is 0 Å². The molecule has 0 saturated heterocycles. The second-order valence-corrected chi connectivity index (χ2v) is 8.99. The molecule has 6 heteroatoms. The molecular formula is C26H34F2N4. The fourth-order valence-electron chi connectivity index (χ4n) is 4.27. The largest absolute Gasteiger partial charge is 0.381 e. The molecule has 0 heterocycles. The summed E-state index contributed by atoms with van der Waals surface area (Å²) >= 11 is 0. The van der Waals surface area contributed by atoms with Crippen LogP contribution in [0.4, 0.5) is 20.2 Å². The third-order valence-electron chi connectivity index (χ3n) is 5.93. The highest BCUT2D eigenvalue weighted by atomic mass is 19.2. The molecule has 0 fully saturated rings. The molecule has 172 valence electrons. The number of rotatable bonds is 8. The van der Waals surface area contributed by atoms with Gasteiger partial charge in [-0.1, -0.05) is 25.3 Å². The Balaban J connectivity index is 2.42. The van der Waals surface area contributed by atoms with Crippen molar-refractivity contribution < 1.29 is 8.78 Å². The van der Waals surface area contributed by atoms with Gasteiger partial charge >= 0.3 is 0 Å². The summed E-state index contributed by atoms with van der Waals surface area (Å²) in [6, 6.07) is 4.07. The Labute approximate surface area is 189 Å². The van der Waals surface area contributed by atoms with Crippen LogP contribution in [0.1, 0.15) is 11.1 Å². The highest BCUT2D eigenvalue weighted by Gasteiger charge is 2.23. The molecule has 0 aromatic heterocycles. The maximum atomic E-state index is 15.4. The minimum atomic E-state index is -0.891. The van der Waals surface area contributed by atoms with E-state index < -0.39 is 11.6 Å². The highest BCUT2D eigenvalue weighted by Crippen LogP contribution is 2.34. The molecule has 32 heavy (non-hydrogen) atoms. The van der Waals surface area contributed by atoms with Crippen molar-refractivity contribution in [1.82, 2.24) is 9.80 Å². The van der Waals surface area contributed by atoms with Gasteiger partial charge in [0, 0.05) is 37.0 Å². The molecule has 0 aliphatic heterocycles. The molecule has 0 spiro atoms. The molecule has 3 rings (SSSR count). The summed E-state index contributed by atoms with van der Waals surface area (Å²) in [5, 5.41) is 10.7. The van der Waals surface area contributed by atoms with Crippen LogP contribution >= 0.6 is 0 Å². The van der Waals surface area contributed by atoms with E-state index in [0.717, 1.165) is 21.9 Å². The molecule has 4 nitrogen and oxygen atoms in total. The number of nitrogens with one attached hydrogen (secondary N) is 2. The van der Waals surface area contributed by atoms with Crippen molar-refractivity contribution in [2.45, 2.75) is 13.8 Å². The van der Waals surface area contributed by atoms with Gasteiger partial charge in [-0.05, 0) is 74.4 Å². The Bertz CT molecular complexity index is 1170. The van der Waals surface area contributed by atoms with E-state index in [1.807, 2.05) is 64.0 Å². The molecule has 0 aliphatic carbocycles. The Morgan fingerprint density at radius 3 is 1.34 bits per heavy atom. The van der Waals surface area contributed by atoms with Crippen LogP contribution in [0.25, 0.3) is 34.7 Å². The van der Waals surface area contributed by atoms with Crippen molar-refractivity contribution in [3.05, 3.63) is 45.3 Å². The summed E-state index contributed by atoms with van der Waals surface area (Å²) in [7, 11) is 7.76. The molecule has 0 bridgehead atoms. The van der Waals surface area contributed by atoms with Gasteiger partial charge in [0.1, 0.15) is 0 Å². The number of hydrogen-bond acceptors (Lipinski definition) is 4. The Hall–Kier alpha value is -2.70. The van der Waals surface area contributed by atoms with Crippen molar-refractivity contribution in [2.24, 2.45) is 0 Å². The zero-order valence-corrected chi connectivity index (χ0v) is 20.0. The van der Waals surface area contributed by atoms with Gasteiger partial charge in [-0.15, -0.1) is 0 Å². The molecule has 0 unspecified atom stereocenters. The third kappa shape index (κ3) is 4.30. The van der Waals surface area contributed by atoms with Crippen LogP contribution in [0.2, 0.25) is 0 Å². The standard InChI is InChI=1S/C26H34F2N4/c1-15-9-10-16(2)20-18(4)22-21(17(3)19(15)20)25(29-11-13-31(5)6)23(27)24(28)26(22)30-12-14-32(7)8/h9-10,29-30H,3-4,11-14H2,1-2,5-8H3. The van der Waals surface area contributed by atoms with Crippen molar-refractivity contribution in [2.75, 3.05) is 65.0 Å². The highest BCUT2D eigenvalue weighted by molar-refractivity contribution is 6.11. The van der Waals surface area contributed by atoms with Gasteiger partial charge in [0.25, 0.3) is 0 Å². The molecule has 0 atom stereocenters. The van der Waals surface area contributed by atoms with Crippen molar-refractivity contribution in [3.8, 4) is 0 Å². The first-order valence-electron chi connectivity index (χ1n) is 10.9. The van der Waals surface area contributed by atoms with E-state index in [4.69, 9.17) is 0 Å². The number of benzene rings is 3. The summed E-state index contributed by atoms with van der Waals surface area (Å²) in [4.78, 5) is 3.98. The van der Waals surface area contributed by atoms with Crippen LogP contribution in [0.3, 0.4) is 0 Å². The summed E-state index contributed by atoms with van der Waals surface area (Å²) < 4.78 is 30.9. The zero-order chi connectivity index (χ0) is 23.7. The first kappa shape index (κ1) is 24.0. The molecule has 3 aromatic carbocycles. The van der Waals surface area contributed by atoms with E-state index >= 15 is 8.78 Å². The molecule has 3 aromatic rings. The van der Waals surface area contributed by atoms with Gasteiger partial charge in [0.15, 0.2) is 11.6 Å². The monoisotopic (exact) mass is 440 g/mol. The van der Waals surface area contributed by atoms with Crippen LogP contribution in [0.5, 0.6) is 0 Å². The minimum absolute atomic E-state index is 0.148. The second kappa shape index (κ2) is 9.43. The number of anilines is 2. The Morgan fingerprint density at radius 1 is 0.688 bits per heavy atom. The van der Waals surface area contributed by atoms with E-state index in [9.17, 15) is 0 Å². The Kier molecular flexibility index (Phi) is 7.06. The van der Waals surface area contributed by atoms with E-state index in [-0.39, 0.29) is 11.4 Å². The van der Waals surface area contributed by atoms with Crippen LogP contribution in [0.15, 0.2) is 12.1 Å². The third-order valence-corrected chi connectivity index (χ3v) is 5.93. The van der Waals surface area contributed by atoms with Gasteiger partial charge in [-0.2, -0.15) is 0 Å². The SMILES string of the molecule is C=c1c2c(C)ccc(C)c2c(=C)c2c(NCCN(C)C)c(F)c(F)c(NCCN(C)C)c12. The van der Waals surface area contributed by atoms with Crippen LogP contribution in [-0.4, -0.2) is 64.2 Å². The molecular weight excluding hydrogens is 406 g/mol.